The Morgan fingerprint density at radius 2 is 1.40 bits per heavy atom. The summed E-state index contributed by atoms with van der Waals surface area (Å²) in [6.45, 7) is 5.32. The van der Waals surface area contributed by atoms with Crippen LogP contribution in [0.15, 0.2) is 12.1 Å². The van der Waals surface area contributed by atoms with Crippen LogP contribution in [0.4, 0.5) is 25.1 Å². The Balaban J connectivity index is 1.82. The van der Waals surface area contributed by atoms with Crippen molar-refractivity contribution in [2.75, 3.05) is 49.2 Å². The molecule has 2 aromatic heterocycles. The van der Waals surface area contributed by atoms with Crippen molar-refractivity contribution in [3.05, 3.63) is 23.5 Å². The van der Waals surface area contributed by atoms with Crippen LogP contribution >= 0.6 is 0 Å². The number of aryl methyl sites for hydroxylation is 1. The molecule has 2 aromatic rings. The van der Waals surface area contributed by atoms with Crippen molar-refractivity contribution in [1.82, 2.24) is 19.9 Å². The van der Waals surface area contributed by atoms with Gasteiger partial charge in [0, 0.05) is 31.9 Å². The Labute approximate surface area is 173 Å². The van der Waals surface area contributed by atoms with Crippen molar-refractivity contribution in [2.24, 2.45) is 0 Å². The average Bonchev–Trinajstić information content (AvgIpc) is 3.03. The highest BCUT2D eigenvalue weighted by Crippen LogP contribution is 2.35. The lowest BCUT2D eigenvalue weighted by molar-refractivity contribution is -0.140. The number of pyridine rings is 1. The number of ether oxygens (including phenoxy) is 1. The molecule has 0 aromatic carbocycles. The molecule has 0 saturated carbocycles. The van der Waals surface area contributed by atoms with Gasteiger partial charge < -0.3 is 14.5 Å². The number of anilines is 2. The molecule has 2 fully saturated rings. The molecule has 2 aliphatic heterocycles. The molecule has 0 spiro atoms. The first-order chi connectivity index (χ1) is 14.4. The van der Waals surface area contributed by atoms with Crippen LogP contribution in [0.5, 0.6) is 0 Å². The van der Waals surface area contributed by atoms with Crippen molar-refractivity contribution in [1.29, 1.82) is 0 Å². The standard InChI is InChI=1S/C20H25F3N6O/c1-14-6-7-15(16(24-14)20(21,22)23)17-25-18(28-8-4-2-3-5-9-28)27-19(26-17)29-10-12-30-13-11-29/h6-7H,2-5,8-13H2,1H3. The second-order valence-corrected chi connectivity index (χ2v) is 7.61. The van der Waals surface area contributed by atoms with E-state index in [2.05, 4.69) is 24.8 Å². The molecule has 2 aliphatic rings. The lowest BCUT2D eigenvalue weighted by Crippen LogP contribution is -2.38. The Morgan fingerprint density at radius 3 is 2.00 bits per heavy atom. The van der Waals surface area contributed by atoms with Gasteiger partial charge in [0.25, 0.3) is 0 Å². The molecule has 0 N–H and O–H groups in total. The van der Waals surface area contributed by atoms with E-state index >= 15 is 0 Å². The van der Waals surface area contributed by atoms with Crippen LogP contribution in [0.25, 0.3) is 11.4 Å². The van der Waals surface area contributed by atoms with E-state index in [-0.39, 0.29) is 11.4 Å². The average molecular weight is 422 g/mol. The van der Waals surface area contributed by atoms with Gasteiger partial charge in [-0.25, -0.2) is 4.98 Å². The number of aromatic nitrogens is 4. The predicted molar refractivity (Wildman–Crippen MR) is 107 cm³/mol. The van der Waals surface area contributed by atoms with E-state index < -0.39 is 11.9 Å². The third kappa shape index (κ3) is 4.63. The second-order valence-electron chi connectivity index (χ2n) is 7.61. The van der Waals surface area contributed by atoms with Crippen LogP contribution in [-0.4, -0.2) is 59.3 Å². The summed E-state index contributed by atoms with van der Waals surface area (Å²) in [6.07, 6.45) is -0.326. The Morgan fingerprint density at radius 1 is 0.800 bits per heavy atom. The molecule has 162 valence electrons. The number of nitrogens with zero attached hydrogens (tertiary/aromatic N) is 6. The minimum Gasteiger partial charge on any atom is -0.378 e. The first-order valence-electron chi connectivity index (χ1n) is 10.3. The summed E-state index contributed by atoms with van der Waals surface area (Å²) < 4.78 is 46.5. The van der Waals surface area contributed by atoms with Gasteiger partial charge in [0.15, 0.2) is 11.5 Å². The minimum atomic E-state index is -4.60. The highest BCUT2D eigenvalue weighted by Gasteiger charge is 2.37. The SMILES string of the molecule is Cc1ccc(-c2nc(N3CCCCCC3)nc(N3CCOCC3)n2)c(C(F)(F)F)n1. The van der Waals surface area contributed by atoms with E-state index in [9.17, 15) is 13.2 Å². The van der Waals surface area contributed by atoms with Gasteiger partial charge in [-0.1, -0.05) is 12.8 Å². The number of hydrogen-bond acceptors (Lipinski definition) is 7. The van der Waals surface area contributed by atoms with Gasteiger partial charge in [-0.15, -0.1) is 0 Å². The van der Waals surface area contributed by atoms with Crippen LogP contribution in [0.2, 0.25) is 0 Å². The molecule has 30 heavy (non-hydrogen) atoms. The predicted octanol–water partition coefficient (Wildman–Crippen LogP) is 3.48. The monoisotopic (exact) mass is 422 g/mol. The van der Waals surface area contributed by atoms with E-state index in [0.29, 0.717) is 43.9 Å². The molecule has 0 amide bonds. The van der Waals surface area contributed by atoms with E-state index in [1.807, 2.05) is 4.90 Å². The fourth-order valence-electron chi connectivity index (χ4n) is 3.74. The molecular formula is C20H25F3N6O. The third-order valence-corrected chi connectivity index (χ3v) is 5.34. The topological polar surface area (TPSA) is 67.3 Å². The normalized spacial score (nSPS) is 18.4. The summed E-state index contributed by atoms with van der Waals surface area (Å²) in [5, 5.41) is 0. The molecule has 10 heteroatoms. The maximum atomic E-state index is 13.7. The zero-order chi connectivity index (χ0) is 21.1. The number of rotatable bonds is 3. The molecule has 4 heterocycles. The van der Waals surface area contributed by atoms with Gasteiger partial charge in [0.1, 0.15) is 0 Å². The number of halogens is 3. The lowest BCUT2D eigenvalue weighted by atomic mass is 10.1. The summed E-state index contributed by atoms with van der Waals surface area (Å²) in [5.41, 5.74) is -0.800. The molecular weight excluding hydrogens is 397 g/mol. The zero-order valence-corrected chi connectivity index (χ0v) is 17.0. The van der Waals surface area contributed by atoms with Gasteiger partial charge >= 0.3 is 6.18 Å². The third-order valence-electron chi connectivity index (χ3n) is 5.34. The van der Waals surface area contributed by atoms with Crippen molar-refractivity contribution in [3.63, 3.8) is 0 Å². The highest BCUT2D eigenvalue weighted by atomic mass is 19.4. The summed E-state index contributed by atoms with van der Waals surface area (Å²) >= 11 is 0. The molecule has 0 atom stereocenters. The summed E-state index contributed by atoms with van der Waals surface area (Å²) in [6, 6.07) is 2.95. The van der Waals surface area contributed by atoms with Gasteiger partial charge in [-0.2, -0.15) is 28.1 Å². The Bertz CT molecular complexity index is 877. The quantitative estimate of drug-likeness (QED) is 0.750. The molecule has 7 nitrogen and oxygen atoms in total. The minimum absolute atomic E-state index is 0.00515. The van der Waals surface area contributed by atoms with Crippen molar-refractivity contribution < 1.29 is 17.9 Å². The van der Waals surface area contributed by atoms with Gasteiger partial charge in [0.05, 0.1) is 18.8 Å². The number of hydrogen-bond donors (Lipinski definition) is 0. The van der Waals surface area contributed by atoms with Crippen molar-refractivity contribution >= 4 is 11.9 Å². The summed E-state index contributed by atoms with van der Waals surface area (Å²) in [7, 11) is 0. The maximum absolute atomic E-state index is 13.7. The summed E-state index contributed by atoms with van der Waals surface area (Å²) in [5.74, 6) is 0.818. The van der Waals surface area contributed by atoms with Crippen LogP contribution in [0, 0.1) is 6.92 Å². The Hall–Kier alpha value is -2.49. The van der Waals surface area contributed by atoms with Crippen LogP contribution in [-0.2, 0) is 10.9 Å². The van der Waals surface area contributed by atoms with E-state index in [0.717, 1.165) is 38.8 Å². The van der Waals surface area contributed by atoms with Crippen molar-refractivity contribution in [3.8, 4) is 11.4 Å². The van der Waals surface area contributed by atoms with Gasteiger partial charge in [-0.05, 0) is 31.9 Å². The number of morpholine rings is 1. The molecule has 2 saturated heterocycles. The molecule has 0 aliphatic carbocycles. The van der Waals surface area contributed by atoms with Crippen LogP contribution in [0.1, 0.15) is 37.1 Å². The van der Waals surface area contributed by atoms with Crippen LogP contribution in [0.3, 0.4) is 0 Å². The molecule has 0 bridgehead atoms. The largest absolute Gasteiger partial charge is 0.434 e. The van der Waals surface area contributed by atoms with E-state index in [4.69, 9.17) is 4.74 Å². The fourth-order valence-corrected chi connectivity index (χ4v) is 3.74. The van der Waals surface area contributed by atoms with Crippen LogP contribution < -0.4 is 9.80 Å². The first kappa shape index (κ1) is 20.8. The lowest BCUT2D eigenvalue weighted by Gasteiger charge is -2.28. The molecule has 0 radical (unpaired) electrons. The maximum Gasteiger partial charge on any atom is 0.434 e. The van der Waals surface area contributed by atoms with E-state index in [1.165, 1.54) is 13.0 Å². The van der Waals surface area contributed by atoms with Gasteiger partial charge in [0.2, 0.25) is 11.9 Å². The second kappa shape index (κ2) is 8.71. The molecule has 0 unspecified atom stereocenters. The Kier molecular flexibility index (Phi) is 6.03. The number of alkyl halides is 3. The molecule has 4 rings (SSSR count). The smallest absolute Gasteiger partial charge is 0.378 e. The van der Waals surface area contributed by atoms with E-state index in [1.54, 1.807) is 6.07 Å². The highest BCUT2D eigenvalue weighted by molar-refractivity contribution is 5.62. The van der Waals surface area contributed by atoms with Gasteiger partial charge in [-0.3, -0.25) is 0 Å². The zero-order valence-electron chi connectivity index (χ0n) is 17.0. The van der Waals surface area contributed by atoms with Crippen molar-refractivity contribution in [2.45, 2.75) is 38.8 Å². The summed E-state index contributed by atoms with van der Waals surface area (Å²) in [4.78, 5) is 21.3. The first-order valence-corrected chi connectivity index (χ1v) is 10.3. The fraction of sp³-hybridized carbons (Fsp3) is 0.600.